The number of esters is 1. The second-order valence-electron chi connectivity index (χ2n) is 6.11. The van der Waals surface area contributed by atoms with E-state index in [1.165, 1.54) is 0 Å². The predicted molar refractivity (Wildman–Crippen MR) is 69.0 cm³/mol. The van der Waals surface area contributed by atoms with E-state index in [1.54, 1.807) is 0 Å². The maximum Gasteiger partial charge on any atom is 0.320 e. The highest BCUT2D eigenvalue weighted by molar-refractivity contribution is 5.71. The quantitative estimate of drug-likeness (QED) is 0.700. The van der Waals surface area contributed by atoms with E-state index in [0.29, 0.717) is 6.54 Å². The number of hydrogen-bond acceptors (Lipinski definition) is 4. The van der Waals surface area contributed by atoms with Crippen LogP contribution in [0.15, 0.2) is 0 Å². The summed E-state index contributed by atoms with van der Waals surface area (Å²) in [5, 5.41) is 0. The Bertz CT molecular complexity index is 259. The van der Waals surface area contributed by atoms with Gasteiger partial charge in [0, 0.05) is 12.1 Å². The van der Waals surface area contributed by atoms with Gasteiger partial charge in [-0.15, -0.1) is 0 Å². The van der Waals surface area contributed by atoms with Crippen molar-refractivity contribution in [3.63, 3.8) is 0 Å². The van der Waals surface area contributed by atoms with Gasteiger partial charge >= 0.3 is 5.97 Å². The monoisotopic (exact) mass is 242 g/mol. The fourth-order valence-electron chi connectivity index (χ4n) is 2.13. The molecule has 1 rings (SSSR count). The summed E-state index contributed by atoms with van der Waals surface area (Å²) in [7, 11) is 3.76. The van der Waals surface area contributed by atoms with Crippen LogP contribution in [0.1, 0.15) is 33.6 Å². The van der Waals surface area contributed by atoms with Gasteiger partial charge in [0.2, 0.25) is 0 Å². The molecule has 0 saturated carbocycles. The van der Waals surface area contributed by atoms with Gasteiger partial charge < -0.3 is 4.74 Å². The number of nitrogens with zero attached hydrogens (tertiary/aromatic N) is 2. The van der Waals surface area contributed by atoms with Crippen molar-refractivity contribution in [1.82, 2.24) is 9.80 Å². The molecule has 4 heteroatoms. The van der Waals surface area contributed by atoms with Gasteiger partial charge in [-0.05, 0) is 54.3 Å². The summed E-state index contributed by atoms with van der Waals surface area (Å²) in [6.07, 6.45) is 2.17. The molecule has 0 aromatic carbocycles. The van der Waals surface area contributed by atoms with E-state index in [2.05, 4.69) is 25.7 Å². The lowest BCUT2D eigenvalue weighted by Crippen LogP contribution is -2.50. The zero-order chi connectivity index (χ0) is 13.1. The third kappa shape index (κ3) is 5.04. The molecule has 0 unspecified atom stereocenters. The Morgan fingerprint density at radius 3 is 2.59 bits per heavy atom. The van der Waals surface area contributed by atoms with E-state index in [-0.39, 0.29) is 17.6 Å². The number of rotatable bonds is 3. The average Bonchev–Trinajstić information content (AvgIpc) is 2.15. The fourth-order valence-corrected chi connectivity index (χ4v) is 2.13. The number of ether oxygens (including phenoxy) is 1. The molecular weight excluding hydrogens is 216 g/mol. The number of piperidine rings is 1. The van der Waals surface area contributed by atoms with Gasteiger partial charge in [-0.25, -0.2) is 0 Å². The normalized spacial score (nSPS) is 22.8. The lowest BCUT2D eigenvalue weighted by molar-refractivity contribution is -0.153. The second kappa shape index (κ2) is 5.83. The molecule has 1 fully saturated rings. The molecule has 0 aliphatic carbocycles. The highest BCUT2D eigenvalue weighted by atomic mass is 16.5. The van der Waals surface area contributed by atoms with Gasteiger partial charge in [0.05, 0.1) is 6.54 Å². The average molecular weight is 242 g/mol. The van der Waals surface area contributed by atoms with Gasteiger partial charge in [0.25, 0.3) is 0 Å². The van der Waals surface area contributed by atoms with Crippen LogP contribution in [0.3, 0.4) is 0 Å². The first-order chi connectivity index (χ1) is 7.79. The van der Waals surface area contributed by atoms with Crippen LogP contribution >= 0.6 is 0 Å². The van der Waals surface area contributed by atoms with Gasteiger partial charge in [-0.3, -0.25) is 14.6 Å². The first kappa shape index (κ1) is 14.5. The van der Waals surface area contributed by atoms with Crippen molar-refractivity contribution in [2.24, 2.45) is 0 Å². The van der Waals surface area contributed by atoms with Gasteiger partial charge in [-0.2, -0.15) is 0 Å². The van der Waals surface area contributed by atoms with Crippen LogP contribution in [0, 0.1) is 0 Å². The third-order valence-electron chi connectivity index (χ3n) is 3.07. The summed E-state index contributed by atoms with van der Waals surface area (Å²) in [6, 6.07) is 0. The topological polar surface area (TPSA) is 32.8 Å². The Labute approximate surface area is 105 Å². The van der Waals surface area contributed by atoms with Crippen molar-refractivity contribution in [2.75, 3.05) is 33.7 Å². The van der Waals surface area contributed by atoms with E-state index in [0.717, 1.165) is 25.9 Å². The maximum atomic E-state index is 11.6. The van der Waals surface area contributed by atoms with E-state index in [1.807, 2.05) is 19.0 Å². The standard InChI is InChI=1S/C13H26N2O2/c1-13(2,3)15-8-6-7-11(9-15)17-12(16)10-14(4)5/h11H,6-10H2,1-5H3/t11-/m0/s1. The lowest BCUT2D eigenvalue weighted by Gasteiger charge is -2.41. The molecule has 0 radical (unpaired) electrons. The Morgan fingerprint density at radius 2 is 2.06 bits per heavy atom. The number of carbonyl (C=O) groups is 1. The fraction of sp³-hybridized carbons (Fsp3) is 0.923. The van der Waals surface area contributed by atoms with Gasteiger partial charge in [0.1, 0.15) is 6.10 Å². The molecule has 0 bridgehead atoms. The molecule has 1 aliphatic rings. The molecule has 1 heterocycles. The molecule has 1 atom stereocenters. The lowest BCUT2D eigenvalue weighted by atomic mass is 9.99. The predicted octanol–water partition coefficient (Wildman–Crippen LogP) is 1.35. The van der Waals surface area contributed by atoms with Crippen molar-refractivity contribution in [3.8, 4) is 0 Å². The summed E-state index contributed by atoms with van der Waals surface area (Å²) >= 11 is 0. The smallest absolute Gasteiger partial charge is 0.320 e. The van der Waals surface area contributed by atoms with Crippen LogP contribution in [-0.2, 0) is 9.53 Å². The highest BCUT2D eigenvalue weighted by Crippen LogP contribution is 2.21. The van der Waals surface area contributed by atoms with E-state index >= 15 is 0 Å². The van der Waals surface area contributed by atoms with Crippen molar-refractivity contribution in [3.05, 3.63) is 0 Å². The van der Waals surface area contributed by atoms with E-state index in [4.69, 9.17) is 4.74 Å². The molecule has 0 spiro atoms. The van der Waals surface area contributed by atoms with E-state index in [9.17, 15) is 4.79 Å². The van der Waals surface area contributed by atoms with Crippen LogP contribution in [0.5, 0.6) is 0 Å². The number of carbonyl (C=O) groups excluding carboxylic acids is 1. The molecule has 0 amide bonds. The summed E-state index contributed by atoms with van der Waals surface area (Å²) in [4.78, 5) is 15.8. The molecule has 0 aromatic heterocycles. The first-order valence-electron chi connectivity index (χ1n) is 6.38. The zero-order valence-electron chi connectivity index (χ0n) is 11.8. The number of likely N-dealkylation sites (tertiary alicyclic amines) is 1. The summed E-state index contributed by atoms with van der Waals surface area (Å²) in [6.45, 7) is 8.95. The zero-order valence-corrected chi connectivity index (χ0v) is 11.8. The van der Waals surface area contributed by atoms with Crippen molar-refractivity contribution in [2.45, 2.75) is 45.3 Å². The Kier molecular flexibility index (Phi) is 4.95. The van der Waals surface area contributed by atoms with Crippen molar-refractivity contribution < 1.29 is 9.53 Å². The second-order valence-corrected chi connectivity index (χ2v) is 6.11. The summed E-state index contributed by atoms with van der Waals surface area (Å²) in [5.41, 5.74) is 0.159. The van der Waals surface area contributed by atoms with Gasteiger partial charge in [-0.1, -0.05) is 0 Å². The molecule has 17 heavy (non-hydrogen) atoms. The molecule has 1 saturated heterocycles. The minimum Gasteiger partial charge on any atom is -0.460 e. The minimum absolute atomic E-state index is 0.0652. The molecule has 0 aromatic rings. The first-order valence-corrected chi connectivity index (χ1v) is 6.38. The van der Waals surface area contributed by atoms with Crippen molar-refractivity contribution in [1.29, 1.82) is 0 Å². The van der Waals surface area contributed by atoms with Crippen molar-refractivity contribution >= 4 is 5.97 Å². The third-order valence-corrected chi connectivity index (χ3v) is 3.07. The molecular formula is C13H26N2O2. The summed E-state index contributed by atoms with van der Waals surface area (Å²) < 4.78 is 5.51. The van der Waals surface area contributed by atoms with Crippen LogP contribution in [-0.4, -0.2) is 61.1 Å². The molecule has 1 aliphatic heterocycles. The van der Waals surface area contributed by atoms with Crippen LogP contribution in [0.2, 0.25) is 0 Å². The Morgan fingerprint density at radius 1 is 1.41 bits per heavy atom. The Hall–Kier alpha value is -0.610. The van der Waals surface area contributed by atoms with Crippen LogP contribution < -0.4 is 0 Å². The number of hydrogen-bond donors (Lipinski definition) is 0. The van der Waals surface area contributed by atoms with E-state index < -0.39 is 0 Å². The minimum atomic E-state index is -0.115. The SMILES string of the molecule is CN(C)CC(=O)O[C@H]1CCCN(C(C)(C)C)C1. The summed E-state index contributed by atoms with van der Waals surface area (Å²) in [5.74, 6) is -0.115. The highest BCUT2D eigenvalue weighted by Gasteiger charge is 2.29. The molecule has 4 nitrogen and oxygen atoms in total. The largest absolute Gasteiger partial charge is 0.460 e. The maximum absolute atomic E-state index is 11.6. The molecule has 100 valence electrons. The molecule has 0 N–H and O–H groups in total. The van der Waals surface area contributed by atoms with Crippen LogP contribution in [0.4, 0.5) is 0 Å². The van der Waals surface area contributed by atoms with Crippen LogP contribution in [0.25, 0.3) is 0 Å². The van der Waals surface area contributed by atoms with Gasteiger partial charge in [0.15, 0.2) is 0 Å². The Balaban J connectivity index is 2.42. The number of likely N-dealkylation sites (N-methyl/N-ethyl adjacent to an activating group) is 1.